The fourth-order valence-electron chi connectivity index (χ4n) is 2.52. The van der Waals surface area contributed by atoms with Gasteiger partial charge in [-0.2, -0.15) is 0 Å². The summed E-state index contributed by atoms with van der Waals surface area (Å²) >= 11 is 0. The molecule has 0 radical (unpaired) electrons. The second-order valence-electron chi connectivity index (χ2n) is 5.94. The van der Waals surface area contributed by atoms with Gasteiger partial charge in [0.25, 0.3) is 5.16 Å². The molecule has 0 aliphatic rings. The molecule has 152 valence electrons. The molecule has 3 unspecified atom stereocenters. The van der Waals surface area contributed by atoms with E-state index in [-0.39, 0.29) is 0 Å². The lowest BCUT2D eigenvalue weighted by Crippen LogP contribution is -2.44. The summed E-state index contributed by atoms with van der Waals surface area (Å²) in [6.45, 7) is 0. The Balaban J connectivity index is 5.81. The summed E-state index contributed by atoms with van der Waals surface area (Å²) in [5, 5.41) is 42.2. The van der Waals surface area contributed by atoms with Crippen molar-refractivity contribution in [3.63, 3.8) is 0 Å². The van der Waals surface area contributed by atoms with Gasteiger partial charge in [-0.1, -0.05) is 4.57 Å². The molecule has 0 aliphatic carbocycles. The first-order valence-corrected chi connectivity index (χ1v) is 8.78. The summed E-state index contributed by atoms with van der Waals surface area (Å²) in [5.41, 5.74) is 0. The van der Waals surface area contributed by atoms with Crippen LogP contribution >= 0.6 is 8.03 Å². The van der Waals surface area contributed by atoms with E-state index in [1.807, 2.05) is 0 Å². The minimum Gasteiger partial charge on any atom is -0.595 e. The van der Waals surface area contributed by atoms with E-state index in [0.717, 1.165) is 0 Å². The second-order valence-corrected chi connectivity index (χ2v) is 7.31. The van der Waals surface area contributed by atoms with Crippen LogP contribution < -0.4 is 4.89 Å². The molecule has 0 amide bonds. The van der Waals surface area contributed by atoms with Crippen molar-refractivity contribution in [2.75, 3.05) is 0 Å². The average Bonchev–Trinajstić information content (AvgIpc) is 2.51. The van der Waals surface area contributed by atoms with Gasteiger partial charge < -0.3 is 30.4 Å². The quantitative estimate of drug-likeness (QED) is 0.235. The lowest BCUT2D eigenvalue weighted by Gasteiger charge is -2.26. The maximum atomic E-state index is 11.7. The summed E-state index contributed by atoms with van der Waals surface area (Å²) in [6, 6.07) is 0. The molecule has 0 bridgehead atoms. The van der Waals surface area contributed by atoms with E-state index >= 15 is 0 Å². The van der Waals surface area contributed by atoms with Crippen molar-refractivity contribution >= 4 is 37.9 Å². The third-order valence-electron chi connectivity index (χ3n) is 4.03. The first kappa shape index (κ1) is 24.4. The van der Waals surface area contributed by atoms with Gasteiger partial charge in [-0.15, -0.1) is 0 Å². The zero-order chi connectivity index (χ0) is 21.4. The Morgan fingerprint density at radius 2 is 1.11 bits per heavy atom. The summed E-state index contributed by atoms with van der Waals surface area (Å²) in [4.78, 5) is 67.2. The normalized spacial score (nSPS) is 15.8. The van der Waals surface area contributed by atoms with Crippen LogP contribution in [0.1, 0.15) is 38.5 Å². The maximum absolute atomic E-state index is 11.7. The first-order chi connectivity index (χ1) is 12.3. The lowest BCUT2D eigenvalue weighted by atomic mass is 9.82. The minimum atomic E-state index is -3.88. The zero-order valence-corrected chi connectivity index (χ0v) is 14.8. The van der Waals surface area contributed by atoms with Gasteiger partial charge in [-0.25, -0.2) is 4.79 Å². The Hall–Kier alpha value is -2.59. The Labute approximate surface area is 153 Å². The fourth-order valence-corrected chi connectivity index (χ4v) is 3.42. The number of carboxylic acids is 5. The SMILES string of the molecule is O=C(O)CCC(CC(CC(CCC(=O)O)C(=O)O)(C(=O)O)[P+](=O)[O-])C(=O)O. The van der Waals surface area contributed by atoms with Crippen LogP contribution in [0.5, 0.6) is 0 Å². The van der Waals surface area contributed by atoms with Crippen molar-refractivity contribution in [3.05, 3.63) is 0 Å². The Kier molecular flexibility index (Phi) is 9.52. The molecular formula is C14H19O12P. The van der Waals surface area contributed by atoms with Gasteiger partial charge in [-0.05, 0) is 12.8 Å². The highest BCUT2D eigenvalue weighted by atomic mass is 31.1. The van der Waals surface area contributed by atoms with Crippen molar-refractivity contribution in [1.29, 1.82) is 0 Å². The highest BCUT2D eigenvalue weighted by molar-refractivity contribution is 7.40. The van der Waals surface area contributed by atoms with E-state index in [1.54, 1.807) is 0 Å². The molecule has 0 aromatic carbocycles. The molecule has 0 saturated heterocycles. The van der Waals surface area contributed by atoms with Crippen LogP contribution in [0.25, 0.3) is 0 Å². The van der Waals surface area contributed by atoms with Gasteiger partial charge in [-0.3, -0.25) is 19.2 Å². The van der Waals surface area contributed by atoms with E-state index < -0.39 is 93.4 Å². The molecular weight excluding hydrogens is 391 g/mol. The summed E-state index contributed by atoms with van der Waals surface area (Å²) < 4.78 is 11.7. The van der Waals surface area contributed by atoms with E-state index in [9.17, 15) is 38.5 Å². The van der Waals surface area contributed by atoms with Crippen LogP contribution in [-0.4, -0.2) is 60.5 Å². The van der Waals surface area contributed by atoms with E-state index in [1.165, 1.54) is 0 Å². The van der Waals surface area contributed by atoms with Crippen LogP contribution in [0.15, 0.2) is 0 Å². The minimum absolute atomic E-state index is 0.560. The molecule has 0 spiro atoms. The molecule has 0 rings (SSSR count). The number of rotatable bonds is 14. The van der Waals surface area contributed by atoms with Gasteiger partial charge in [0.15, 0.2) is 0 Å². The van der Waals surface area contributed by atoms with E-state index in [4.69, 9.17) is 20.4 Å². The van der Waals surface area contributed by atoms with Gasteiger partial charge >= 0.3 is 37.9 Å². The van der Waals surface area contributed by atoms with Crippen LogP contribution in [0.3, 0.4) is 0 Å². The smallest absolute Gasteiger partial charge is 0.358 e. The van der Waals surface area contributed by atoms with Crippen molar-refractivity contribution in [3.8, 4) is 0 Å². The summed E-state index contributed by atoms with van der Waals surface area (Å²) in [7, 11) is -3.88. The van der Waals surface area contributed by atoms with Crippen molar-refractivity contribution < 1.29 is 59.0 Å². The molecule has 0 saturated carbocycles. The Bertz CT molecular complexity index is 574. The fraction of sp³-hybridized carbons (Fsp3) is 0.643. The van der Waals surface area contributed by atoms with Crippen molar-refractivity contribution in [2.24, 2.45) is 11.8 Å². The Morgan fingerprint density at radius 3 is 1.30 bits per heavy atom. The molecule has 0 aromatic heterocycles. The number of carboxylic acid groups (broad SMARTS) is 5. The molecule has 0 aromatic rings. The maximum Gasteiger partial charge on any atom is 0.358 e. The van der Waals surface area contributed by atoms with Crippen molar-refractivity contribution in [1.82, 2.24) is 0 Å². The number of carbonyl (C=O) groups is 5. The Morgan fingerprint density at radius 1 is 0.778 bits per heavy atom. The molecule has 12 nitrogen and oxygen atoms in total. The van der Waals surface area contributed by atoms with Crippen LogP contribution in [0, 0.1) is 11.8 Å². The predicted molar refractivity (Wildman–Crippen MR) is 83.2 cm³/mol. The van der Waals surface area contributed by atoms with E-state index in [0.29, 0.717) is 0 Å². The second kappa shape index (κ2) is 10.5. The van der Waals surface area contributed by atoms with Gasteiger partial charge in [0.1, 0.15) is 0 Å². The molecule has 0 aliphatic heterocycles. The predicted octanol–water partition coefficient (Wildman–Crippen LogP) is -0.176. The monoisotopic (exact) mass is 410 g/mol. The number of hydrogen-bond acceptors (Lipinski definition) is 7. The standard InChI is InChI=1S/C14H19O12P/c15-9(16)3-1-7(11(19)20)5-14(13(23)24,27(25)26)6-8(12(21)22)2-4-10(17)18/h7-8H,1-6H2,(H,15,16)(H,17,18)(H,19,20)(H,21,22)(H,23,24). The molecule has 27 heavy (non-hydrogen) atoms. The number of aliphatic carboxylic acids is 5. The van der Waals surface area contributed by atoms with Crippen LogP contribution in [0.2, 0.25) is 0 Å². The topological polar surface area (TPSA) is 227 Å². The van der Waals surface area contributed by atoms with Crippen LogP contribution in [0.4, 0.5) is 0 Å². The summed E-state index contributed by atoms with van der Waals surface area (Å²) in [5.74, 6) is -11.3. The molecule has 13 heteroatoms. The molecule has 0 heterocycles. The molecule has 3 atom stereocenters. The highest BCUT2D eigenvalue weighted by Gasteiger charge is 2.55. The molecule has 0 fully saturated rings. The molecule has 5 N–H and O–H groups in total. The van der Waals surface area contributed by atoms with Crippen LogP contribution in [-0.2, 0) is 28.5 Å². The highest BCUT2D eigenvalue weighted by Crippen LogP contribution is 2.45. The van der Waals surface area contributed by atoms with Gasteiger partial charge in [0.2, 0.25) is 0 Å². The van der Waals surface area contributed by atoms with Crippen molar-refractivity contribution in [2.45, 2.75) is 43.7 Å². The average molecular weight is 410 g/mol. The van der Waals surface area contributed by atoms with Gasteiger partial charge in [0, 0.05) is 25.7 Å². The zero-order valence-electron chi connectivity index (χ0n) is 13.9. The third-order valence-corrected chi connectivity index (χ3v) is 5.28. The van der Waals surface area contributed by atoms with Gasteiger partial charge in [0.05, 0.1) is 11.8 Å². The summed E-state index contributed by atoms with van der Waals surface area (Å²) in [6.07, 6.45) is -4.53. The largest absolute Gasteiger partial charge is 0.595 e. The third kappa shape index (κ3) is 7.67. The van der Waals surface area contributed by atoms with E-state index in [2.05, 4.69) is 0 Å². The lowest BCUT2D eigenvalue weighted by molar-refractivity contribution is -0.175. The number of hydrogen-bond donors (Lipinski definition) is 5. The first-order valence-electron chi connectivity index (χ1n) is 7.60.